The van der Waals surface area contributed by atoms with E-state index >= 15 is 0 Å². The summed E-state index contributed by atoms with van der Waals surface area (Å²) in [6, 6.07) is 0. The van der Waals surface area contributed by atoms with Gasteiger partial charge in [-0.1, -0.05) is 325 Å². The zero-order valence-electron chi connectivity index (χ0n) is 60.7. The van der Waals surface area contributed by atoms with E-state index in [0.717, 1.165) is 114 Å². The summed E-state index contributed by atoms with van der Waals surface area (Å²) >= 11 is 0. The van der Waals surface area contributed by atoms with E-state index in [1.807, 2.05) is 0 Å². The van der Waals surface area contributed by atoms with Crippen LogP contribution in [-0.2, 0) is 65.4 Å². The second kappa shape index (κ2) is 64.7. The maximum Gasteiger partial charge on any atom is 0.472 e. The molecule has 17 nitrogen and oxygen atoms in total. The molecule has 0 aliphatic carbocycles. The second-order valence-corrected chi connectivity index (χ2v) is 30.8. The molecule has 0 heterocycles. The Morgan fingerprint density at radius 3 is 0.817 bits per heavy atom. The number of carbonyl (C=O) groups excluding carboxylic acids is 4. The van der Waals surface area contributed by atoms with Crippen molar-refractivity contribution in [3.63, 3.8) is 0 Å². The third-order valence-corrected chi connectivity index (χ3v) is 19.4. The Morgan fingerprint density at radius 2 is 0.548 bits per heavy atom. The maximum absolute atomic E-state index is 13.1. The molecule has 0 spiro atoms. The lowest BCUT2D eigenvalue weighted by Crippen LogP contribution is -2.30. The number of phosphoric acid groups is 2. The van der Waals surface area contributed by atoms with E-state index in [4.69, 9.17) is 37.0 Å². The Bertz CT molecular complexity index is 1820. The Balaban J connectivity index is 5.23. The summed E-state index contributed by atoms with van der Waals surface area (Å²) in [5, 5.41) is 10.6. The van der Waals surface area contributed by atoms with Gasteiger partial charge < -0.3 is 33.8 Å². The van der Waals surface area contributed by atoms with Crippen molar-refractivity contribution >= 4 is 39.5 Å². The third-order valence-electron chi connectivity index (χ3n) is 17.5. The fourth-order valence-electron chi connectivity index (χ4n) is 11.2. The summed E-state index contributed by atoms with van der Waals surface area (Å²) in [5.74, 6) is 0.247. The van der Waals surface area contributed by atoms with E-state index in [-0.39, 0.29) is 25.7 Å². The van der Waals surface area contributed by atoms with Gasteiger partial charge in [-0.3, -0.25) is 37.3 Å². The normalized spacial score (nSPS) is 14.4. The van der Waals surface area contributed by atoms with Crippen LogP contribution in [0.4, 0.5) is 0 Å². The van der Waals surface area contributed by atoms with Gasteiger partial charge >= 0.3 is 39.5 Å². The van der Waals surface area contributed by atoms with Gasteiger partial charge in [-0.25, -0.2) is 9.13 Å². The van der Waals surface area contributed by atoms with Gasteiger partial charge in [0.05, 0.1) is 26.4 Å². The van der Waals surface area contributed by atoms with Gasteiger partial charge in [-0.15, -0.1) is 0 Å². The van der Waals surface area contributed by atoms with Gasteiger partial charge in [0.1, 0.15) is 19.3 Å². The molecule has 0 bridgehead atoms. The standard InChI is InChI=1S/C74H144O17P2/c1-8-10-11-12-13-34-41-48-55-71(76)84-61-69(90-74(79)58-51-44-37-30-24-23-27-33-40-47-54-67(7)9-2)63-88-92(80,81)86-59-68(75)60-87-93(82,83)89-64-70(62-85-72(77)56-49-42-35-28-22-18-20-26-32-39-46-53-66(5)6)91-73(78)57-50-43-36-29-21-17-15-14-16-19-25-31-38-45-52-65(3)4/h65-70,75H,8-64H2,1-7H3,(H,80,81)(H,82,83)/t67?,68-,69+,70+/m0/s1. The largest absolute Gasteiger partial charge is 0.472 e. The minimum atomic E-state index is -4.96. The van der Waals surface area contributed by atoms with Crippen LogP contribution in [0, 0.1) is 17.8 Å². The van der Waals surface area contributed by atoms with Crippen molar-refractivity contribution in [3.05, 3.63) is 0 Å². The fraction of sp³-hybridized carbons (Fsp3) is 0.946. The zero-order valence-corrected chi connectivity index (χ0v) is 62.5. The molecule has 0 aliphatic rings. The number of hydrogen-bond donors (Lipinski definition) is 3. The average Bonchev–Trinajstić information content (AvgIpc) is 3.71. The molecule has 93 heavy (non-hydrogen) atoms. The monoisotopic (exact) mass is 1370 g/mol. The van der Waals surface area contributed by atoms with Crippen molar-refractivity contribution in [2.75, 3.05) is 39.6 Å². The first-order valence-corrected chi connectivity index (χ1v) is 41.4. The van der Waals surface area contributed by atoms with E-state index in [1.54, 1.807) is 0 Å². The molecule has 552 valence electrons. The predicted octanol–water partition coefficient (Wildman–Crippen LogP) is 21.4. The molecule has 6 atom stereocenters. The van der Waals surface area contributed by atoms with E-state index in [1.165, 1.54) is 180 Å². The smallest absolute Gasteiger partial charge is 0.462 e. The molecular formula is C74H144O17P2. The molecule has 0 amide bonds. The van der Waals surface area contributed by atoms with Crippen LogP contribution in [0.25, 0.3) is 0 Å². The third kappa shape index (κ3) is 67.0. The van der Waals surface area contributed by atoms with Gasteiger partial charge in [-0.05, 0) is 43.4 Å². The maximum atomic E-state index is 13.1. The van der Waals surface area contributed by atoms with Gasteiger partial charge in [0.15, 0.2) is 12.2 Å². The summed E-state index contributed by atoms with van der Waals surface area (Å²) < 4.78 is 68.4. The number of phosphoric ester groups is 2. The van der Waals surface area contributed by atoms with Crippen LogP contribution < -0.4 is 0 Å². The van der Waals surface area contributed by atoms with E-state index in [0.29, 0.717) is 25.7 Å². The molecular weight excluding hydrogens is 1220 g/mol. The summed E-state index contributed by atoms with van der Waals surface area (Å²) in [5.41, 5.74) is 0. The van der Waals surface area contributed by atoms with Crippen LogP contribution in [0.1, 0.15) is 376 Å². The Morgan fingerprint density at radius 1 is 0.312 bits per heavy atom. The van der Waals surface area contributed by atoms with Crippen molar-refractivity contribution in [3.8, 4) is 0 Å². The number of aliphatic hydroxyl groups is 1. The molecule has 0 saturated heterocycles. The quantitative estimate of drug-likeness (QED) is 0.0222. The molecule has 0 rings (SSSR count). The number of hydrogen-bond acceptors (Lipinski definition) is 15. The average molecular weight is 1370 g/mol. The van der Waals surface area contributed by atoms with E-state index < -0.39 is 97.5 Å². The predicted molar refractivity (Wildman–Crippen MR) is 377 cm³/mol. The number of unbranched alkanes of at least 4 members (excludes halogenated alkanes) is 39. The van der Waals surface area contributed by atoms with Crippen LogP contribution in [0.2, 0.25) is 0 Å². The zero-order chi connectivity index (χ0) is 68.7. The van der Waals surface area contributed by atoms with Crippen molar-refractivity contribution in [1.82, 2.24) is 0 Å². The highest BCUT2D eigenvalue weighted by Gasteiger charge is 2.30. The van der Waals surface area contributed by atoms with Crippen LogP contribution in [-0.4, -0.2) is 96.7 Å². The van der Waals surface area contributed by atoms with E-state index in [9.17, 15) is 43.2 Å². The van der Waals surface area contributed by atoms with Crippen molar-refractivity contribution in [2.45, 2.75) is 394 Å². The van der Waals surface area contributed by atoms with Crippen molar-refractivity contribution < 1.29 is 80.2 Å². The van der Waals surface area contributed by atoms with Crippen molar-refractivity contribution in [2.24, 2.45) is 17.8 Å². The number of ether oxygens (including phenoxy) is 4. The summed E-state index contributed by atoms with van der Waals surface area (Å²) in [7, 11) is -9.91. The lowest BCUT2D eigenvalue weighted by molar-refractivity contribution is -0.161. The topological polar surface area (TPSA) is 237 Å². The van der Waals surface area contributed by atoms with Gasteiger partial charge in [0.2, 0.25) is 0 Å². The van der Waals surface area contributed by atoms with Crippen LogP contribution in [0.3, 0.4) is 0 Å². The Kier molecular flexibility index (Phi) is 63.4. The molecule has 0 aliphatic heterocycles. The second-order valence-electron chi connectivity index (χ2n) is 27.9. The number of rotatable bonds is 72. The van der Waals surface area contributed by atoms with Gasteiger partial charge in [-0.2, -0.15) is 0 Å². The highest BCUT2D eigenvalue weighted by molar-refractivity contribution is 7.47. The van der Waals surface area contributed by atoms with Crippen LogP contribution in [0.5, 0.6) is 0 Å². The summed E-state index contributed by atoms with van der Waals surface area (Å²) in [6.07, 6.45) is 49.9. The molecule has 0 saturated carbocycles. The summed E-state index contributed by atoms with van der Waals surface area (Å²) in [6.45, 7) is 11.9. The lowest BCUT2D eigenvalue weighted by atomic mass is 9.99. The SMILES string of the molecule is CCCCCCCCCCC(=O)OC[C@H](COP(=O)(O)OC[C@H](O)COP(=O)(O)OC[C@@H](COC(=O)CCCCCCCCCCCCCC(C)C)OC(=O)CCCCCCCCCCCCCCCCC(C)C)OC(=O)CCCCCCCCCCCCC(C)CC. The molecule has 0 radical (unpaired) electrons. The highest BCUT2D eigenvalue weighted by atomic mass is 31.2. The molecule has 0 aromatic rings. The minimum Gasteiger partial charge on any atom is -0.462 e. The number of carbonyl (C=O) groups is 4. The number of aliphatic hydroxyl groups excluding tert-OH is 1. The highest BCUT2D eigenvalue weighted by Crippen LogP contribution is 2.45. The molecule has 19 heteroatoms. The first-order valence-electron chi connectivity index (χ1n) is 38.4. The van der Waals surface area contributed by atoms with Gasteiger partial charge in [0.25, 0.3) is 0 Å². The first kappa shape index (κ1) is 91.1. The number of esters is 4. The Labute approximate surface area is 568 Å². The summed E-state index contributed by atoms with van der Waals surface area (Å²) in [4.78, 5) is 72.7. The molecule has 0 aromatic carbocycles. The lowest BCUT2D eigenvalue weighted by Gasteiger charge is -2.21. The van der Waals surface area contributed by atoms with Crippen LogP contribution >= 0.6 is 15.6 Å². The molecule has 0 aromatic heterocycles. The van der Waals surface area contributed by atoms with Gasteiger partial charge in [0, 0.05) is 25.7 Å². The molecule has 0 fully saturated rings. The fourth-order valence-corrected chi connectivity index (χ4v) is 12.8. The van der Waals surface area contributed by atoms with Crippen LogP contribution in [0.15, 0.2) is 0 Å². The molecule has 3 unspecified atom stereocenters. The van der Waals surface area contributed by atoms with Crippen molar-refractivity contribution in [1.29, 1.82) is 0 Å². The Hall–Kier alpha value is -1.94. The first-order chi connectivity index (χ1) is 44.8. The molecule has 3 N–H and O–H groups in total. The minimum absolute atomic E-state index is 0.106. The van der Waals surface area contributed by atoms with E-state index in [2.05, 4.69) is 48.5 Å².